The van der Waals surface area contributed by atoms with Crippen molar-refractivity contribution in [1.29, 1.82) is 0 Å². The maximum Gasteiger partial charge on any atom is 0.354 e. The number of nitrogens with zero attached hydrogens (tertiary/aromatic N) is 2. The Bertz CT molecular complexity index is 543. The van der Waals surface area contributed by atoms with Crippen molar-refractivity contribution in [2.45, 2.75) is 0 Å². The summed E-state index contributed by atoms with van der Waals surface area (Å²) in [7, 11) is 0. The van der Waals surface area contributed by atoms with Crippen LogP contribution in [0.5, 0.6) is 0 Å². The number of carboxylic acid groups (broad SMARTS) is 1. The molecule has 0 saturated carbocycles. The first-order chi connectivity index (χ1) is 7.66. The summed E-state index contributed by atoms with van der Waals surface area (Å²) in [4.78, 5) is 18.7. The van der Waals surface area contributed by atoms with Gasteiger partial charge in [0.05, 0.1) is 0 Å². The average Bonchev–Trinajstić information content (AvgIpc) is 2.29. The Balaban J connectivity index is 2.48. The molecule has 1 N–H and O–H groups in total. The fourth-order valence-corrected chi connectivity index (χ4v) is 1.64. The van der Waals surface area contributed by atoms with Crippen molar-refractivity contribution >= 4 is 21.9 Å². The van der Waals surface area contributed by atoms with E-state index >= 15 is 0 Å². The number of rotatable bonds is 2. The highest BCUT2D eigenvalue weighted by atomic mass is 79.9. The third-order valence-corrected chi connectivity index (χ3v) is 2.45. The maximum atomic E-state index is 10.8. The van der Waals surface area contributed by atoms with E-state index < -0.39 is 5.97 Å². The maximum absolute atomic E-state index is 10.8. The predicted octanol–water partition coefficient (Wildman–Crippen LogP) is 2.60. The van der Waals surface area contributed by atoms with E-state index in [4.69, 9.17) is 5.11 Å². The van der Waals surface area contributed by atoms with E-state index in [9.17, 15) is 4.79 Å². The molecule has 4 nitrogen and oxygen atoms in total. The molecule has 0 spiro atoms. The quantitative estimate of drug-likeness (QED) is 0.917. The molecule has 0 amide bonds. The second-order valence-corrected chi connectivity index (χ2v) is 4.00. The highest BCUT2D eigenvalue weighted by Gasteiger charge is 2.07. The van der Waals surface area contributed by atoms with E-state index in [1.807, 2.05) is 24.3 Å². The molecule has 2 aromatic rings. The topological polar surface area (TPSA) is 63.1 Å². The lowest BCUT2D eigenvalue weighted by molar-refractivity contribution is 0.0690. The van der Waals surface area contributed by atoms with Crippen LogP contribution in [0.25, 0.3) is 11.4 Å². The Morgan fingerprint density at radius 2 is 2.12 bits per heavy atom. The standard InChI is InChI=1S/C11H7BrN2O2/c12-8-3-1-2-7(6-8)10-13-5-4-9(14-10)11(15)16/h1-6H,(H,15,16). The van der Waals surface area contributed by atoms with E-state index in [2.05, 4.69) is 25.9 Å². The van der Waals surface area contributed by atoms with E-state index in [1.165, 1.54) is 12.3 Å². The Morgan fingerprint density at radius 1 is 1.31 bits per heavy atom. The Morgan fingerprint density at radius 3 is 2.81 bits per heavy atom. The van der Waals surface area contributed by atoms with Crippen LogP contribution in [0.3, 0.4) is 0 Å². The second-order valence-electron chi connectivity index (χ2n) is 3.08. The molecule has 80 valence electrons. The summed E-state index contributed by atoms with van der Waals surface area (Å²) < 4.78 is 0.898. The third-order valence-electron chi connectivity index (χ3n) is 1.96. The van der Waals surface area contributed by atoms with Crippen LogP contribution < -0.4 is 0 Å². The molecule has 0 atom stereocenters. The molecule has 0 aliphatic rings. The number of benzene rings is 1. The zero-order valence-electron chi connectivity index (χ0n) is 8.09. The number of hydrogen-bond donors (Lipinski definition) is 1. The van der Waals surface area contributed by atoms with Crippen LogP contribution >= 0.6 is 15.9 Å². The molecule has 16 heavy (non-hydrogen) atoms. The molecule has 1 aromatic carbocycles. The van der Waals surface area contributed by atoms with Crippen LogP contribution in [0, 0.1) is 0 Å². The van der Waals surface area contributed by atoms with Crippen molar-refractivity contribution < 1.29 is 9.90 Å². The zero-order chi connectivity index (χ0) is 11.5. The smallest absolute Gasteiger partial charge is 0.354 e. The van der Waals surface area contributed by atoms with Gasteiger partial charge >= 0.3 is 5.97 Å². The lowest BCUT2D eigenvalue weighted by atomic mass is 10.2. The minimum Gasteiger partial charge on any atom is -0.477 e. The van der Waals surface area contributed by atoms with Gasteiger partial charge in [-0.2, -0.15) is 0 Å². The number of carboxylic acids is 1. The number of aromatic nitrogens is 2. The van der Waals surface area contributed by atoms with Crippen molar-refractivity contribution in [3.05, 3.63) is 46.7 Å². The van der Waals surface area contributed by atoms with Gasteiger partial charge in [0, 0.05) is 16.2 Å². The summed E-state index contributed by atoms with van der Waals surface area (Å²) in [5.41, 5.74) is 0.766. The second kappa shape index (κ2) is 4.40. The van der Waals surface area contributed by atoms with Crippen LogP contribution in [0.4, 0.5) is 0 Å². The van der Waals surface area contributed by atoms with Gasteiger partial charge in [-0.1, -0.05) is 28.1 Å². The molecule has 0 fully saturated rings. The van der Waals surface area contributed by atoms with Gasteiger partial charge in [-0.15, -0.1) is 0 Å². The normalized spacial score (nSPS) is 10.1. The zero-order valence-corrected chi connectivity index (χ0v) is 9.68. The Kier molecular flexibility index (Phi) is 2.96. The predicted molar refractivity (Wildman–Crippen MR) is 62.1 cm³/mol. The van der Waals surface area contributed by atoms with Crippen LogP contribution in [-0.2, 0) is 0 Å². The van der Waals surface area contributed by atoms with Gasteiger partial charge in [-0.3, -0.25) is 0 Å². The van der Waals surface area contributed by atoms with Gasteiger partial charge in [-0.25, -0.2) is 14.8 Å². The van der Waals surface area contributed by atoms with Crippen molar-refractivity contribution in [2.24, 2.45) is 0 Å². The summed E-state index contributed by atoms with van der Waals surface area (Å²) in [5, 5.41) is 8.81. The molecule has 0 radical (unpaired) electrons. The SMILES string of the molecule is O=C(O)c1ccnc(-c2cccc(Br)c2)n1. The van der Waals surface area contributed by atoms with Gasteiger partial charge in [0.15, 0.2) is 11.5 Å². The first-order valence-electron chi connectivity index (χ1n) is 4.49. The minimum atomic E-state index is -1.06. The monoisotopic (exact) mass is 278 g/mol. The molecular formula is C11H7BrN2O2. The molecule has 0 aliphatic heterocycles. The molecule has 0 unspecified atom stereocenters. The number of hydrogen-bond acceptors (Lipinski definition) is 3. The largest absolute Gasteiger partial charge is 0.477 e. The van der Waals surface area contributed by atoms with Crippen LogP contribution in [0.1, 0.15) is 10.5 Å². The minimum absolute atomic E-state index is 0.00928. The Labute approximate surface area is 100 Å². The third kappa shape index (κ3) is 2.25. The van der Waals surface area contributed by atoms with Crippen LogP contribution in [-0.4, -0.2) is 21.0 Å². The average molecular weight is 279 g/mol. The molecule has 0 bridgehead atoms. The number of aromatic carboxylic acids is 1. The van der Waals surface area contributed by atoms with Gasteiger partial charge in [0.1, 0.15) is 0 Å². The fraction of sp³-hybridized carbons (Fsp3) is 0. The summed E-state index contributed by atoms with van der Waals surface area (Å²) in [5.74, 6) is -0.653. The van der Waals surface area contributed by atoms with Crippen LogP contribution in [0.2, 0.25) is 0 Å². The van der Waals surface area contributed by atoms with Crippen molar-refractivity contribution in [1.82, 2.24) is 9.97 Å². The Hall–Kier alpha value is -1.75. The molecule has 1 aromatic heterocycles. The van der Waals surface area contributed by atoms with Crippen molar-refractivity contribution in [3.63, 3.8) is 0 Å². The van der Waals surface area contributed by atoms with Gasteiger partial charge in [-0.05, 0) is 18.2 Å². The molecule has 2 rings (SSSR count). The van der Waals surface area contributed by atoms with Crippen molar-refractivity contribution in [3.8, 4) is 11.4 Å². The first-order valence-corrected chi connectivity index (χ1v) is 5.28. The van der Waals surface area contributed by atoms with Gasteiger partial charge in [0.25, 0.3) is 0 Å². The van der Waals surface area contributed by atoms with E-state index in [1.54, 1.807) is 0 Å². The van der Waals surface area contributed by atoms with E-state index in [-0.39, 0.29) is 5.69 Å². The highest BCUT2D eigenvalue weighted by molar-refractivity contribution is 9.10. The van der Waals surface area contributed by atoms with E-state index in [0.717, 1.165) is 10.0 Å². The first kappa shape index (κ1) is 10.8. The molecule has 0 saturated heterocycles. The highest BCUT2D eigenvalue weighted by Crippen LogP contribution is 2.19. The molecule has 1 heterocycles. The molecule has 0 aliphatic carbocycles. The summed E-state index contributed by atoms with van der Waals surface area (Å²) in [6.07, 6.45) is 1.44. The lowest BCUT2D eigenvalue weighted by Gasteiger charge is -2.01. The molecular weight excluding hydrogens is 272 g/mol. The number of carbonyl (C=O) groups is 1. The van der Waals surface area contributed by atoms with E-state index in [0.29, 0.717) is 5.82 Å². The van der Waals surface area contributed by atoms with Crippen molar-refractivity contribution in [2.75, 3.05) is 0 Å². The summed E-state index contributed by atoms with van der Waals surface area (Å²) in [6, 6.07) is 8.75. The van der Waals surface area contributed by atoms with Crippen LogP contribution in [0.15, 0.2) is 41.0 Å². The molecule has 5 heteroatoms. The van der Waals surface area contributed by atoms with Gasteiger partial charge < -0.3 is 5.11 Å². The summed E-state index contributed by atoms with van der Waals surface area (Å²) in [6.45, 7) is 0. The fourth-order valence-electron chi connectivity index (χ4n) is 1.24. The van der Waals surface area contributed by atoms with Gasteiger partial charge in [0.2, 0.25) is 0 Å². The summed E-state index contributed by atoms with van der Waals surface area (Å²) >= 11 is 3.33. The number of halogens is 1. The lowest BCUT2D eigenvalue weighted by Crippen LogP contribution is -2.02.